The molecule has 0 aliphatic rings. The van der Waals surface area contributed by atoms with Crippen molar-refractivity contribution in [2.75, 3.05) is 7.11 Å². The van der Waals surface area contributed by atoms with Crippen LogP contribution < -0.4 is 10.5 Å². The highest BCUT2D eigenvalue weighted by Crippen LogP contribution is 2.34. The molecule has 4 nitrogen and oxygen atoms in total. The number of nitrogens with two attached hydrogens (primary N) is 1. The summed E-state index contributed by atoms with van der Waals surface area (Å²) in [6, 6.07) is -0.103. The highest BCUT2D eigenvalue weighted by atomic mass is 79.9. The summed E-state index contributed by atoms with van der Waals surface area (Å²) >= 11 is 3.13. The van der Waals surface area contributed by atoms with Crippen LogP contribution >= 0.6 is 15.9 Å². The van der Waals surface area contributed by atoms with Gasteiger partial charge in [0.15, 0.2) is 11.6 Å². The quantitative estimate of drug-likeness (QED) is 0.893. The van der Waals surface area contributed by atoms with Crippen LogP contribution in [0.3, 0.4) is 0 Å². The number of benzene rings is 1. The molecule has 6 heteroatoms. The van der Waals surface area contributed by atoms with Crippen LogP contribution in [-0.4, -0.2) is 18.2 Å². The zero-order valence-corrected chi connectivity index (χ0v) is 10.3. The number of rotatable bonds is 3. The molecule has 1 aromatic rings. The molecule has 0 bridgehead atoms. The Labute approximate surface area is 100 Å². The third-order valence-electron chi connectivity index (χ3n) is 2.26. The van der Waals surface area contributed by atoms with E-state index in [0.717, 1.165) is 0 Å². The summed E-state index contributed by atoms with van der Waals surface area (Å²) in [5.74, 6) is -2.01. The molecule has 0 aliphatic carbocycles. The number of ether oxygens (including phenoxy) is 1. The molecule has 1 unspecified atom stereocenters. The number of methoxy groups -OCH3 is 1. The highest BCUT2D eigenvalue weighted by molar-refractivity contribution is 9.10. The van der Waals surface area contributed by atoms with Gasteiger partial charge in [-0.15, -0.1) is 0 Å². The Kier molecular flexibility index (Phi) is 3.88. The maximum absolute atomic E-state index is 13.5. The van der Waals surface area contributed by atoms with Gasteiger partial charge in [-0.05, 0) is 18.6 Å². The number of aliphatic carboxylic acids is 1. The molecule has 0 saturated carbocycles. The molecule has 0 saturated heterocycles. The van der Waals surface area contributed by atoms with Gasteiger partial charge in [0.2, 0.25) is 0 Å². The maximum atomic E-state index is 13.5. The summed E-state index contributed by atoms with van der Waals surface area (Å²) in [5.41, 5.74) is 6.18. The zero-order valence-electron chi connectivity index (χ0n) is 8.75. The molecule has 16 heavy (non-hydrogen) atoms. The number of hydrogen-bond donors (Lipinski definition) is 2. The van der Waals surface area contributed by atoms with Crippen LogP contribution in [0, 0.1) is 12.7 Å². The number of carbonyl (C=O) groups is 1. The number of carboxylic acids is 1. The Bertz CT molecular complexity index is 437. The summed E-state index contributed by atoms with van der Waals surface area (Å²) < 4.78 is 18.8. The zero-order chi connectivity index (χ0) is 12.5. The van der Waals surface area contributed by atoms with E-state index in [1.165, 1.54) is 13.2 Å². The topological polar surface area (TPSA) is 72.5 Å². The molecule has 0 spiro atoms. The molecule has 1 rings (SSSR count). The van der Waals surface area contributed by atoms with Crippen molar-refractivity contribution in [1.29, 1.82) is 0 Å². The molecule has 0 heterocycles. The summed E-state index contributed by atoms with van der Waals surface area (Å²) in [7, 11) is 1.27. The second-order valence-electron chi connectivity index (χ2n) is 3.23. The van der Waals surface area contributed by atoms with E-state index in [2.05, 4.69) is 15.9 Å². The van der Waals surface area contributed by atoms with Gasteiger partial charge in [-0.2, -0.15) is 0 Å². The van der Waals surface area contributed by atoms with Crippen molar-refractivity contribution in [2.45, 2.75) is 13.0 Å². The highest BCUT2D eigenvalue weighted by Gasteiger charge is 2.25. The van der Waals surface area contributed by atoms with Crippen LogP contribution in [0.2, 0.25) is 0 Å². The first-order chi connectivity index (χ1) is 7.40. The van der Waals surface area contributed by atoms with Gasteiger partial charge in [-0.3, -0.25) is 4.79 Å². The standard InChI is InChI=1S/C10H11BrFNO3/c1-4-5(11)3-6(12)9(16-2)7(4)8(13)10(14)15/h3,8H,13H2,1-2H3,(H,14,15). The minimum absolute atomic E-state index is 0.129. The monoisotopic (exact) mass is 291 g/mol. The van der Waals surface area contributed by atoms with Crippen LogP contribution in [0.25, 0.3) is 0 Å². The molecule has 3 N–H and O–H groups in total. The SMILES string of the molecule is COc1c(F)cc(Br)c(C)c1C(N)C(=O)O. The summed E-state index contributed by atoms with van der Waals surface area (Å²) in [4.78, 5) is 10.8. The van der Waals surface area contributed by atoms with Crippen molar-refractivity contribution in [3.05, 3.63) is 27.5 Å². The largest absolute Gasteiger partial charge is 0.493 e. The van der Waals surface area contributed by atoms with E-state index in [1.807, 2.05) is 0 Å². The Balaban J connectivity index is 3.50. The van der Waals surface area contributed by atoms with E-state index in [4.69, 9.17) is 15.6 Å². The van der Waals surface area contributed by atoms with Crippen molar-refractivity contribution < 1.29 is 19.0 Å². The van der Waals surface area contributed by atoms with Crippen molar-refractivity contribution in [1.82, 2.24) is 0 Å². The summed E-state index contributed by atoms with van der Waals surface area (Å²) in [5, 5.41) is 8.84. The second kappa shape index (κ2) is 4.80. The van der Waals surface area contributed by atoms with Crippen molar-refractivity contribution >= 4 is 21.9 Å². The van der Waals surface area contributed by atoms with Crippen LogP contribution in [0.15, 0.2) is 10.5 Å². The summed E-state index contributed by atoms with van der Waals surface area (Å²) in [6.45, 7) is 1.64. The molecule has 0 aromatic heterocycles. The van der Waals surface area contributed by atoms with Gasteiger partial charge in [-0.1, -0.05) is 15.9 Å². The van der Waals surface area contributed by atoms with E-state index in [1.54, 1.807) is 6.92 Å². The molecule has 0 fully saturated rings. The number of hydrogen-bond acceptors (Lipinski definition) is 3. The minimum Gasteiger partial charge on any atom is -0.493 e. The molecule has 1 aromatic carbocycles. The lowest BCUT2D eigenvalue weighted by Gasteiger charge is -2.16. The Hall–Kier alpha value is -1.14. The molecule has 1 atom stereocenters. The van der Waals surface area contributed by atoms with Crippen molar-refractivity contribution in [2.24, 2.45) is 5.73 Å². The van der Waals surface area contributed by atoms with Gasteiger partial charge in [0.05, 0.1) is 7.11 Å². The van der Waals surface area contributed by atoms with Crippen LogP contribution in [0.1, 0.15) is 17.2 Å². The van der Waals surface area contributed by atoms with Gasteiger partial charge in [-0.25, -0.2) is 4.39 Å². The molecule has 0 amide bonds. The van der Waals surface area contributed by atoms with Crippen molar-refractivity contribution in [3.63, 3.8) is 0 Å². The van der Waals surface area contributed by atoms with E-state index in [-0.39, 0.29) is 11.3 Å². The van der Waals surface area contributed by atoms with Gasteiger partial charge in [0.25, 0.3) is 0 Å². The second-order valence-corrected chi connectivity index (χ2v) is 4.08. The van der Waals surface area contributed by atoms with Crippen LogP contribution in [-0.2, 0) is 4.79 Å². The Morgan fingerprint density at radius 1 is 1.69 bits per heavy atom. The van der Waals surface area contributed by atoms with Gasteiger partial charge in [0, 0.05) is 10.0 Å². The van der Waals surface area contributed by atoms with Crippen LogP contribution in [0.5, 0.6) is 5.75 Å². The first-order valence-corrected chi connectivity index (χ1v) is 5.20. The fourth-order valence-electron chi connectivity index (χ4n) is 1.42. The predicted molar refractivity (Wildman–Crippen MR) is 60.0 cm³/mol. The molecule has 88 valence electrons. The van der Waals surface area contributed by atoms with E-state index in [0.29, 0.717) is 10.0 Å². The van der Waals surface area contributed by atoms with Crippen molar-refractivity contribution in [3.8, 4) is 5.75 Å². The first-order valence-electron chi connectivity index (χ1n) is 4.41. The van der Waals surface area contributed by atoms with E-state index >= 15 is 0 Å². The fourth-order valence-corrected chi connectivity index (χ4v) is 1.83. The Morgan fingerprint density at radius 3 is 2.69 bits per heavy atom. The number of halogens is 2. The number of carboxylic acid groups (broad SMARTS) is 1. The molecular weight excluding hydrogens is 281 g/mol. The lowest BCUT2D eigenvalue weighted by molar-refractivity contribution is -0.138. The molecule has 0 aliphatic heterocycles. The van der Waals surface area contributed by atoms with Gasteiger partial charge >= 0.3 is 5.97 Å². The third kappa shape index (κ3) is 2.17. The van der Waals surface area contributed by atoms with E-state index < -0.39 is 17.8 Å². The molecule has 0 radical (unpaired) electrons. The lowest BCUT2D eigenvalue weighted by Crippen LogP contribution is -2.23. The first kappa shape index (κ1) is 12.9. The fraction of sp³-hybridized carbons (Fsp3) is 0.300. The lowest BCUT2D eigenvalue weighted by atomic mass is 10.0. The average Bonchev–Trinajstić information content (AvgIpc) is 2.21. The normalized spacial score (nSPS) is 12.3. The van der Waals surface area contributed by atoms with E-state index in [9.17, 15) is 9.18 Å². The maximum Gasteiger partial charge on any atom is 0.325 e. The smallest absolute Gasteiger partial charge is 0.325 e. The van der Waals surface area contributed by atoms with Gasteiger partial charge < -0.3 is 15.6 Å². The molecular formula is C10H11BrFNO3. The Morgan fingerprint density at radius 2 is 2.25 bits per heavy atom. The predicted octanol–water partition coefficient (Wildman–Crippen LogP) is 1.99. The minimum atomic E-state index is -1.32. The van der Waals surface area contributed by atoms with Crippen LogP contribution in [0.4, 0.5) is 4.39 Å². The average molecular weight is 292 g/mol. The summed E-state index contributed by atoms with van der Waals surface area (Å²) in [6.07, 6.45) is 0. The van der Waals surface area contributed by atoms with Gasteiger partial charge in [0.1, 0.15) is 6.04 Å². The third-order valence-corrected chi connectivity index (χ3v) is 3.08.